The van der Waals surface area contributed by atoms with Gasteiger partial charge in [-0.05, 0) is 30.9 Å². The van der Waals surface area contributed by atoms with Crippen LogP contribution in [0.2, 0.25) is 0 Å². The third-order valence-corrected chi connectivity index (χ3v) is 1.79. The van der Waals surface area contributed by atoms with Crippen LogP contribution in [-0.2, 0) is 0 Å². The lowest BCUT2D eigenvalue weighted by molar-refractivity contribution is 0.399. The first-order valence-corrected chi connectivity index (χ1v) is 5.17. The zero-order valence-electron chi connectivity index (χ0n) is 9.83. The zero-order chi connectivity index (χ0) is 11.4. The normalized spacial score (nSPS) is 13.4. The fourth-order valence-electron chi connectivity index (χ4n) is 0.600. The lowest BCUT2D eigenvalue weighted by atomic mass is 10.2. The molecule has 84 valence electrons. The highest BCUT2D eigenvalue weighted by atomic mass is 16.3. The largest absolute Gasteiger partial charge is 0.508 e. The molecule has 1 aliphatic rings. The Morgan fingerprint density at radius 3 is 1.93 bits per heavy atom. The first-order chi connectivity index (χ1) is 6.66. The van der Waals surface area contributed by atoms with Crippen molar-refractivity contribution in [1.29, 1.82) is 0 Å². The summed E-state index contributed by atoms with van der Waals surface area (Å²) in [5.41, 5.74) is 0. The standard InChI is InChI=1S/C6H8O.C5H12.CH4O/c7-6-4-2-1-3-5-6;1-4-5(2)3;1-2/h2,4-5,7H,1,3H2;5H,4H2,1-3H3;2H,1H3. The lowest BCUT2D eigenvalue weighted by Gasteiger charge is -1.95. The van der Waals surface area contributed by atoms with Gasteiger partial charge in [0.2, 0.25) is 0 Å². The second kappa shape index (κ2) is 12.2. The maximum Gasteiger partial charge on any atom is 0.111 e. The van der Waals surface area contributed by atoms with Crippen LogP contribution in [-0.4, -0.2) is 17.3 Å². The van der Waals surface area contributed by atoms with Gasteiger partial charge in [0, 0.05) is 7.11 Å². The van der Waals surface area contributed by atoms with E-state index in [1.807, 2.05) is 12.2 Å². The van der Waals surface area contributed by atoms with Gasteiger partial charge in [0.25, 0.3) is 0 Å². The molecule has 0 spiro atoms. The van der Waals surface area contributed by atoms with E-state index in [1.54, 1.807) is 6.08 Å². The summed E-state index contributed by atoms with van der Waals surface area (Å²) in [6.45, 7) is 6.64. The molecule has 0 unspecified atom stereocenters. The summed E-state index contributed by atoms with van der Waals surface area (Å²) in [5.74, 6) is 1.29. The Hall–Kier alpha value is -0.760. The van der Waals surface area contributed by atoms with E-state index in [0.29, 0.717) is 5.76 Å². The number of rotatable bonds is 1. The van der Waals surface area contributed by atoms with E-state index in [9.17, 15) is 0 Å². The molecule has 2 N–H and O–H groups in total. The quantitative estimate of drug-likeness (QED) is 0.680. The van der Waals surface area contributed by atoms with Crippen LogP contribution in [0.4, 0.5) is 0 Å². The number of hydrogen-bond acceptors (Lipinski definition) is 2. The first-order valence-electron chi connectivity index (χ1n) is 5.17. The van der Waals surface area contributed by atoms with E-state index in [4.69, 9.17) is 10.2 Å². The van der Waals surface area contributed by atoms with Crippen molar-refractivity contribution < 1.29 is 10.2 Å². The van der Waals surface area contributed by atoms with Gasteiger partial charge in [0.05, 0.1) is 0 Å². The summed E-state index contributed by atoms with van der Waals surface area (Å²) in [5, 5.41) is 15.7. The van der Waals surface area contributed by atoms with Crippen LogP contribution in [0.25, 0.3) is 0 Å². The predicted octanol–water partition coefficient (Wildman–Crippen LogP) is 3.44. The highest BCUT2D eigenvalue weighted by Gasteiger charge is 1.88. The number of allylic oxidation sites excluding steroid dienone is 3. The van der Waals surface area contributed by atoms with Crippen molar-refractivity contribution in [2.45, 2.75) is 40.0 Å². The van der Waals surface area contributed by atoms with Crippen LogP contribution >= 0.6 is 0 Å². The van der Waals surface area contributed by atoms with Gasteiger partial charge in [-0.1, -0.05) is 33.3 Å². The SMILES string of the molecule is CCC(C)C.CO.OC1=CCCC=C1. The fourth-order valence-corrected chi connectivity index (χ4v) is 0.600. The van der Waals surface area contributed by atoms with E-state index in [0.717, 1.165) is 25.9 Å². The van der Waals surface area contributed by atoms with Crippen molar-refractivity contribution in [3.8, 4) is 0 Å². The Kier molecular flexibility index (Phi) is 13.7. The molecule has 2 nitrogen and oxygen atoms in total. The Labute approximate surface area is 88.0 Å². The third kappa shape index (κ3) is 13.8. The van der Waals surface area contributed by atoms with E-state index < -0.39 is 0 Å². The molecular formula is C12H24O2. The maximum absolute atomic E-state index is 8.68. The first kappa shape index (κ1) is 15.7. The molecule has 1 aliphatic carbocycles. The Bertz CT molecular complexity index is 158. The van der Waals surface area contributed by atoms with Crippen LogP contribution in [0.15, 0.2) is 24.0 Å². The van der Waals surface area contributed by atoms with Crippen molar-refractivity contribution in [3.63, 3.8) is 0 Å². The van der Waals surface area contributed by atoms with Crippen LogP contribution in [0, 0.1) is 5.92 Å². The molecule has 0 aliphatic heterocycles. The van der Waals surface area contributed by atoms with Gasteiger partial charge in [0.15, 0.2) is 0 Å². The average Bonchev–Trinajstić information content (AvgIpc) is 2.23. The molecular weight excluding hydrogens is 176 g/mol. The van der Waals surface area contributed by atoms with Crippen LogP contribution in [0.1, 0.15) is 40.0 Å². The van der Waals surface area contributed by atoms with E-state index in [-0.39, 0.29) is 0 Å². The van der Waals surface area contributed by atoms with Crippen molar-refractivity contribution in [2.75, 3.05) is 7.11 Å². The lowest BCUT2D eigenvalue weighted by Crippen LogP contribution is -1.79. The molecule has 0 atom stereocenters. The van der Waals surface area contributed by atoms with Crippen LogP contribution in [0.3, 0.4) is 0 Å². The minimum atomic E-state index is 0.409. The van der Waals surface area contributed by atoms with Crippen LogP contribution in [0.5, 0.6) is 0 Å². The van der Waals surface area contributed by atoms with Gasteiger partial charge in [-0.25, -0.2) is 0 Å². The highest BCUT2D eigenvalue weighted by Crippen LogP contribution is 2.04. The van der Waals surface area contributed by atoms with E-state index in [1.165, 1.54) is 6.42 Å². The summed E-state index contributed by atoms with van der Waals surface area (Å²) in [6.07, 6.45) is 8.88. The van der Waals surface area contributed by atoms with Gasteiger partial charge in [-0.15, -0.1) is 0 Å². The Balaban J connectivity index is 0. The van der Waals surface area contributed by atoms with Crippen molar-refractivity contribution in [1.82, 2.24) is 0 Å². The molecule has 2 heteroatoms. The van der Waals surface area contributed by atoms with Crippen molar-refractivity contribution >= 4 is 0 Å². The monoisotopic (exact) mass is 200 g/mol. The number of aliphatic hydroxyl groups excluding tert-OH is 2. The molecule has 0 aromatic carbocycles. The Morgan fingerprint density at radius 1 is 1.29 bits per heavy atom. The average molecular weight is 200 g/mol. The highest BCUT2D eigenvalue weighted by molar-refractivity contribution is 5.14. The maximum atomic E-state index is 8.68. The fraction of sp³-hybridized carbons (Fsp3) is 0.667. The van der Waals surface area contributed by atoms with Crippen molar-refractivity contribution in [3.05, 3.63) is 24.0 Å². The molecule has 0 fully saturated rings. The van der Waals surface area contributed by atoms with E-state index in [2.05, 4.69) is 20.8 Å². The second-order valence-corrected chi connectivity index (χ2v) is 3.41. The van der Waals surface area contributed by atoms with Gasteiger partial charge < -0.3 is 10.2 Å². The molecule has 0 aromatic rings. The number of aliphatic hydroxyl groups is 2. The van der Waals surface area contributed by atoms with E-state index >= 15 is 0 Å². The minimum Gasteiger partial charge on any atom is -0.508 e. The third-order valence-electron chi connectivity index (χ3n) is 1.79. The smallest absolute Gasteiger partial charge is 0.111 e. The second-order valence-electron chi connectivity index (χ2n) is 3.41. The Morgan fingerprint density at radius 2 is 1.79 bits per heavy atom. The van der Waals surface area contributed by atoms with Gasteiger partial charge in [-0.3, -0.25) is 0 Å². The summed E-state index contributed by atoms with van der Waals surface area (Å²) in [7, 11) is 1.00. The molecule has 0 heterocycles. The van der Waals surface area contributed by atoms with Gasteiger partial charge >= 0.3 is 0 Å². The van der Waals surface area contributed by atoms with Gasteiger partial charge in [0.1, 0.15) is 5.76 Å². The topological polar surface area (TPSA) is 40.5 Å². The molecule has 0 bridgehead atoms. The molecule has 0 saturated heterocycles. The molecule has 14 heavy (non-hydrogen) atoms. The van der Waals surface area contributed by atoms with Crippen molar-refractivity contribution in [2.24, 2.45) is 5.92 Å². The number of hydrogen-bond donors (Lipinski definition) is 2. The summed E-state index contributed by atoms with van der Waals surface area (Å²) in [6, 6.07) is 0. The summed E-state index contributed by atoms with van der Waals surface area (Å²) < 4.78 is 0. The molecule has 0 aromatic heterocycles. The zero-order valence-corrected chi connectivity index (χ0v) is 9.83. The minimum absolute atomic E-state index is 0.409. The summed E-state index contributed by atoms with van der Waals surface area (Å²) in [4.78, 5) is 0. The van der Waals surface area contributed by atoms with Crippen LogP contribution < -0.4 is 0 Å². The van der Waals surface area contributed by atoms with Gasteiger partial charge in [-0.2, -0.15) is 0 Å². The molecule has 0 saturated carbocycles. The summed E-state index contributed by atoms with van der Waals surface area (Å²) >= 11 is 0. The predicted molar refractivity (Wildman–Crippen MR) is 62.4 cm³/mol. The molecule has 0 amide bonds. The molecule has 0 radical (unpaired) electrons. The molecule has 1 rings (SSSR count).